The SMILES string of the molecule is CS(=O)(=O)NCCNC(=O)NCCc1csc(-c2cnccn2)n1. The van der Waals surface area contributed by atoms with Gasteiger partial charge in [0.25, 0.3) is 0 Å². The van der Waals surface area contributed by atoms with Crippen molar-refractivity contribution in [3.63, 3.8) is 0 Å². The molecule has 0 fully saturated rings. The first-order valence-corrected chi connectivity index (χ1v) is 9.88. The van der Waals surface area contributed by atoms with Crippen LogP contribution in [0.2, 0.25) is 0 Å². The van der Waals surface area contributed by atoms with Gasteiger partial charge >= 0.3 is 6.03 Å². The van der Waals surface area contributed by atoms with E-state index in [4.69, 9.17) is 0 Å². The van der Waals surface area contributed by atoms with E-state index in [1.54, 1.807) is 18.6 Å². The minimum absolute atomic E-state index is 0.153. The molecule has 3 N–H and O–H groups in total. The lowest BCUT2D eigenvalue weighted by Gasteiger charge is -2.07. The van der Waals surface area contributed by atoms with Crippen molar-refractivity contribution in [2.45, 2.75) is 6.42 Å². The Hall–Kier alpha value is -2.11. The van der Waals surface area contributed by atoms with Gasteiger partial charge in [-0.2, -0.15) is 0 Å². The first-order chi connectivity index (χ1) is 11.4. The van der Waals surface area contributed by atoms with Crippen molar-refractivity contribution in [1.82, 2.24) is 30.3 Å². The molecule has 24 heavy (non-hydrogen) atoms. The fourth-order valence-electron chi connectivity index (χ4n) is 1.73. The highest BCUT2D eigenvalue weighted by molar-refractivity contribution is 7.88. The molecule has 9 nitrogen and oxygen atoms in total. The monoisotopic (exact) mass is 370 g/mol. The number of hydrogen-bond donors (Lipinski definition) is 3. The Labute approximate surface area is 144 Å². The number of nitrogens with one attached hydrogen (secondary N) is 3. The number of urea groups is 1. The fourth-order valence-corrected chi connectivity index (χ4v) is 3.02. The van der Waals surface area contributed by atoms with Crippen molar-refractivity contribution in [3.05, 3.63) is 29.7 Å². The maximum atomic E-state index is 11.5. The number of hydrogen-bond acceptors (Lipinski definition) is 7. The van der Waals surface area contributed by atoms with Crippen molar-refractivity contribution >= 4 is 27.4 Å². The number of sulfonamides is 1. The molecule has 0 aliphatic rings. The van der Waals surface area contributed by atoms with Crippen LogP contribution in [0.1, 0.15) is 5.69 Å². The summed E-state index contributed by atoms with van der Waals surface area (Å²) in [4.78, 5) is 24.2. The highest BCUT2D eigenvalue weighted by atomic mass is 32.2. The van der Waals surface area contributed by atoms with Gasteiger partial charge < -0.3 is 10.6 Å². The molecule has 2 aromatic rings. The highest BCUT2D eigenvalue weighted by Gasteiger charge is 2.07. The van der Waals surface area contributed by atoms with Crippen LogP contribution in [0.4, 0.5) is 4.79 Å². The second-order valence-corrected chi connectivity index (χ2v) is 7.52. The predicted molar refractivity (Wildman–Crippen MR) is 91.1 cm³/mol. The van der Waals surface area contributed by atoms with Crippen LogP contribution < -0.4 is 15.4 Å². The Kier molecular flexibility index (Phi) is 6.58. The quantitative estimate of drug-likeness (QED) is 0.561. The Bertz CT molecular complexity index is 763. The zero-order valence-corrected chi connectivity index (χ0v) is 14.7. The zero-order valence-electron chi connectivity index (χ0n) is 13.0. The van der Waals surface area contributed by atoms with Gasteiger partial charge in [-0.1, -0.05) is 0 Å². The summed E-state index contributed by atoms with van der Waals surface area (Å²) in [6.07, 6.45) is 6.52. The summed E-state index contributed by atoms with van der Waals surface area (Å²) in [5.74, 6) is 0. The normalized spacial score (nSPS) is 11.2. The summed E-state index contributed by atoms with van der Waals surface area (Å²) in [6, 6.07) is -0.352. The maximum absolute atomic E-state index is 11.5. The summed E-state index contributed by atoms with van der Waals surface area (Å²) in [6.45, 7) is 0.793. The van der Waals surface area contributed by atoms with E-state index in [-0.39, 0.29) is 19.1 Å². The number of nitrogens with zero attached hydrogens (tertiary/aromatic N) is 3. The summed E-state index contributed by atoms with van der Waals surface area (Å²) < 4.78 is 24.0. The van der Waals surface area contributed by atoms with Gasteiger partial charge in [-0.3, -0.25) is 9.97 Å². The van der Waals surface area contributed by atoms with Crippen molar-refractivity contribution in [3.8, 4) is 10.7 Å². The van der Waals surface area contributed by atoms with Gasteiger partial charge in [-0.25, -0.2) is 22.9 Å². The number of amides is 2. The van der Waals surface area contributed by atoms with Gasteiger partial charge in [0.15, 0.2) is 0 Å². The van der Waals surface area contributed by atoms with Gasteiger partial charge in [0, 0.05) is 43.8 Å². The lowest BCUT2D eigenvalue weighted by atomic mass is 10.3. The van der Waals surface area contributed by atoms with Gasteiger partial charge in [0.1, 0.15) is 10.7 Å². The summed E-state index contributed by atoms with van der Waals surface area (Å²) in [5, 5.41) is 7.95. The van der Waals surface area contributed by atoms with Gasteiger partial charge in [-0.05, 0) is 0 Å². The molecule has 0 atom stereocenters. The third kappa shape index (κ3) is 6.56. The maximum Gasteiger partial charge on any atom is 0.314 e. The first-order valence-electron chi connectivity index (χ1n) is 7.11. The van der Waals surface area contributed by atoms with Crippen LogP contribution in [0.25, 0.3) is 10.7 Å². The largest absolute Gasteiger partial charge is 0.338 e. The molecular weight excluding hydrogens is 352 g/mol. The van der Waals surface area contributed by atoms with Gasteiger partial charge in [0.05, 0.1) is 18.1 Å². The average molecular weight is 370 g/mol. The molecule has 2 heterocycles. The minimum Gasteiger partial charge on any atom is -0.338 e. The minimum atomic E-state index is -3.23. The van der Waals surface area contributed by atoms with Crippen molar-refractivity contribution in [2.24, 2.45) is 0 Å². The Morgan fingerprint density at radius 2 is 2.00 bits per heavy atom. The lowest BCUT2D eigenvalue weighted by Crippen LogP contribution is -2.40. The van der Waals surface area contributed by atoms with Crippen LogP contribution >= 0.6 is 11.3 Å². The molecule has 0 saturated heterocycles. The number of aromatic nitrogens is 3. The summed E-state index contributed by atoms with van der Waals surface area (Å²) in [5.41, 5.74) is 1.58. The molecule has 0 aliphatic carbocycles. The van der Waals surface area contributed by atoms with Gasteiger partial charge in [0.2, 0.25) is 10.0 Å². The molecule has 2 amide bonds. The Morgan fingerprint density at radius 1 is 1.21 bits per heavy atom. The number of carbonyl (C=O) groups excluding carboxylic acids is 1. The topological polar surface area (TPSA) is 126 Å². The van der Waals surface area contributed by atoms with Gasteiger partial charge in [-0.15, -0.1) is 11.3 Å². The average Bonchev–Trinajstić information content (AvgIpc) is 3.00. The molecule has 0 radical (unpaired) electrons. The lowest BCUT2D eigenvalue weighted by molar-refractivity contribution is 0.241. The van der Waals surface area contributed by atoms with E-state index in [0.717, 1.165) is 22.7 Å². The van der Waals surface area contributed by atoms with Crippen molar-refractivity contribution in [1.29, 1.82) is 0 Å². The number of carbonyl (C=O) groups is 1. The van der Waals surface area contributed by atoms with Crippen molar-refractivity contribution < 1.29 is 13.2 Å². The summed E-state index contributed by atoms with van der Waals surface area (Å²) >= 11 is 1.47. The number of thiazole rings is 1. The van der Waals surface area contributed by atoms with E-state index in [1.165, 1.54) is 11.3 Å². The summed E-state index contributed by atoms with van der Waals surface area (Å²) in [7, 11) is -3.23. The molecule has 0 bridgehead atoms. The fraction of sp³-hybridized carbons (Fsp3) is 0.385. The van der Waals surface area contributed by atoms with E-state index in [1.807, 2.05) is 5.38 Å². The molecule has 0 aliphatic heterocycles. The second kappa shape index (κ2) is 8.66. The molecule has 11 heteroatoms. The molecule has 0 unspecified atom stereocenters. The van der Waals surface area contributed by atoms with Crippen LogP contribution in [-0.2, 0) is 16.4 Å². The molecule has 2 aromatic heterocycles. The van der Waals surface area contributed by atoms with Crippen LogP contribution in [0.3, 0.4) is 0 Å². The van der Waals surface area contributed by atoms with Crippen molar-refractivity contribution in [2.75, 3.05) is 25.9 Å². The van der Waals surface area contributed by atoms with E-state index in [9.17, 15) is 13.2 Å². The van der Waals surface area contributed by atoms with Crippen LogP contribution in [0, 0.1) is 0 Å². The molecule has 130 valence electrons. The molecular formula is C13H18N6O3S2. The number of rotatable bonds is 8. The molecule has 0 saturated carbocycles. The Morgan fingerprint density at radius 3 is 2.71 bits per heavy atom. The van der Waals surface area contributed by atoms with Crippen LogP contribution in [0.15, 0.2) is 24.0 Å². The smallest absolute Gasteiger partial charge is 0.314 e. The standard InChI is InChI=1S/C13H18N6O3S2/c1-24(21,22)18-7-6-17-13(20)16-3-2-10-9-23-12(19-10)11-8-14-4-5-15-11/h4-5,8-9,18H,2-3,6-7H2,1H3,(H2,16,17,20). The third-order valence-corrected chi connectivity index (χ3v) is 4.42. The van der Waals surface area contributed by atoms with E-state index < -0.39 is 10.0 Å². The zero-order chi connectivity index (χ0) is 17.4. The van der Waals surface area contributed by atoms with Crippen LogP contribution in [-0.4, -0.2) is 55.3 Å². The third-order valence-electron chi connectivity index (χ3n) is 2.78. The first kappa shape index (κ1) is 18.2. The van der Waals surface area contributed by atoms with Crippen LogP contribution in [0.5, 0.6) is 0 Å². The molecule has 2 rings (SSSR count). The molecule has 0 spiro atoms. The van der Waals surface area contributed by atoms with E-state index in [2.05, 4.69) is 30.3 Å². The predicted octanol–water partition coefficient (Wildman–Crippen LogP) is -0.00900. The Balaban J connectivity index is 1.67. The molecule has 0 aromatic carbocycles. The second-order valence-electron chi connectivity index (χ2n) is 4.83. The van der Waals surface area contributed by atoms with E-state index in [0.29, 0.717) is 13.0 Å². The van der Waals surface area contributed by atoms with E-state index >= 15 is 0 Å². The highest BCUT2D eigenvalue weighted by Crippen LogP contribution is 2.20.